The molecule has 0 radical (unpaired) electrons. The standard InChI is InChI=1S/C23H24N2O4/c26-18-12-10-16(11-13-18)19-15-20(17-7-3-1-4-8-17)25-22(19)23(29)24-14-6-2-5-9-21(27)28/h1,3-4,7-8,10-13,15,25-26H,2,5-6,9,14H2,(H,24,29)(H,27,28). The molecule has 0 atom stereocenters. The van der Waals surface area contributed by atoms with Crippen molar-refractivity contribution >= 4 is 11.9 Å². The molecule has 4 N–H and O–H groups in total. The molecule has 0 bridgehead atoms. The molecule has 3 aromatic rings. The van der Waals surface area contributed by atoms with Crippen LogP contribution in [0.1, 0.15) is 36.2 Å². The lowest BCUT2D eigenvalue weighted by Crippen LogP contribution is -2.25. The molecule has 3 rings (SSSR count). The van der Waals surface area contributed by atoms with Crippen molar-refractivity contribution < 1.29 is 19.8 Å². The summed E-state index contributed by atoms with van der Waals surface area (Å²) >= 11 is 0. The maximum absolute atomic E-state index is 12.8. The van der Waals surface area contributed by atoms with E-state index < -0.39 is 5.97 Å². The molecule has 0 aliphatic carbocycles. The first kappa shape index (κ1) is 20.2. The second-order valence-electron chi connectivity index (χ2n) is 6.84. The van der Waals surface area contributed by atoms with Gasteiger partial charge in [-0.3, -0.25) is 9.59 Å². The van der Waals surface area contributed by atoms with E-state index in [9.17, 15) is 14.7 Å². The number of nitrogens with one attached hydrogen (secondary N) is 2. The van der Waals surface area contributed by atoms with E-state index in [1.54, 1.807) is 24.3 Å². The summed E-state index contributed by atoms with van der Waals surface area (Å²) < 4.78 is 0. The predicted molar refractivity (Wildman–Crippen MR) is 112 cm³/mol. The smallest absolute Gasteiger partial charge is 0.303 e. The van der Waals surface area contributed by atoms with Gasteiger partial charge in [-0.2, -0.15) is 0 Å². The van der Waals surface area contributed by atoms with Crippen molar-refractivity contribution in [3.63, 3.8) is 0 Å². The molecule has 0 unspecified atom stereocenters. The number of aromatic hydroxyl groups is 1. The van der Waals surface area contributed by atoms with Crippen molar-refractivity contribution in [1.29, 1.82) is 0 Å². The van der Waals surface area contributed by atoms with Crippen LogP contribution < -0.4 is 5.32 Å². The first-order chi connectivity index (χ1) is 14.0. The molecule has 0 aliphatic rings. The number of carboxylic acids is 1. The van der Waals surface area contributed by atoms with E-state index in [0.29, 0.717) is 18.7 Å². The number of phenols is 1. The molecule has 1 aromatic heterocycles. The summed E-state index contributed by atoms with van der Waals surface area (Å²) in [6.45, 7) is 0.479. The van der Waals surface area contributed by atoms with Crippen LogP contribution in [-0.2, 0) is 4.79 Å². The number of phenolic OH excluding ortho intramolecular Hbond substituents is 1. The van der Waals surface area contributed by atoms with Crippen molar-refractivity contribution in [2.75, 3.05) is 6.54 Å². The van der Waals surface area contributed by atoms with Crippen LogP contribution in [0.25, 0.3) is 22.4 Å². The molecule has 29 heavy (non-hydrogen) atoms. The molecule has 6 heteroatoms. The number of aromatic amines is 1. The third kappa shape index (κ3) is 5.48. The van der Waals surface area contributed by atoms with E-state index >= 15 is 0 Å². The highest BCUT2D eigenvalue weighted by Crippen LogP contribution is 2.30. The summed E-state index contributed by atoms with van der Waals surface area (Å²) in [6.07, 6.45) is 2.22. The van der Waals surface area contributed by atoms with Gasteiger partial charge in [0.1, 0.15) is 11.4 Å². The average molecular weight is 392 g/mol. The number of hydrogen-bond donors (Lipinski definition) is 4. The summed E-state index contributed by atoms with van der Waals surface area (Å²) in [6, 6.07) is 18.4. The molecule has 6 nitrogen and oxygen atoms in total. The molecule has 1 amide bonds. The van der Waals surface area contributed by atoms with Crippen molar-refractivity contribution in [3.8, 4) is 28.1 Å². The summed E-state index contributed by atoms with van der Waals surface area (Å²) in [7, 11) is 0. The van der Waals surface area contributed by atoms with Crippen LogP contribution in [0.2, 0.25) is 0 Å². The lowest BCUT2D eigenvalue weighted by atomic mass is 10.0. The van der Waals surface area contributed by atoms with Gasteiger partial charge in [0.15, 0.2) is 0 Å². The van der Waals surface area contributed by atoms with Crippen LogP contribution in [0.3, 0.4) is 0 Å². The van der Waals surface area contributed by atoms with E-state index in [1.165, 1.54) is 0 Å². The highest BCUT2D eigenvalue weighted by atomic mass is 16.4. The van der Waals surface area contributed by atoms with E-state index in [-0.39, 0.29) is 18.1 Å². The zero-order valence-corrected chi connectivity index (χ0v) is 16.0. The zero-order chi connectivity index (χ0) is 20.6. The van der Waals surface area contributed by atoms with Crippen LogP contribution in [-0.4, -0.2) is 33.6 Å². The first-order valence-electron chi connectivity index (χ1n) is 9.62. The molecule has 1 heterocycles. The van der Waals surface area contributed by atoms with E-state index in [1.807, 2.05) is 36.4 Å². The Morgan fingerprint density at radius 3 is 2.31 bits per heavy atom. The summed E-state index contributed by atoms with van der Waals surface area (Å²) in [5.74, 6) is -0.846. The number of unbranched alkanes of at least 4 members (excludes halogenated alkanes) is 2. The number of aliphatic carboxylic acids is 1. The molecule has 150 valence electrons. The SMILES string of the molecule is O=C(O)CCCCCNC(=O)c1[nH]c(-c2ccccc2)cc1-c1ccc(O)cc1. The summed E-state index contributed by atoms with van der Waals surface area (Å²) in [4.78, 5) is 26.6. The molecule has 0 fully saturated rings. The van der Waals surface area contributed by atoms with Crippen molar-refractivity contribution in [2.45, 2.75) is 25.7 Å². The Bertz CT molecular complexity index is 962. The maximum atomic E-state index is 12.8. The predicted octanol–water partition coefficient (Wildman–Crippen LogP) is 4.43. The molecule has 0 aliphatic heterocycles. The number of carboxylic acid groups (broad SMARTS) is 1. The Kier molecular flexibility index (Phi) is 6.68. The third-order valence-corrected chi connectivity index (χ3v) is 4.66. The number of amides is 1. The maximum Gasteiger partial charge on any atom is 0.303 e. The Balaban J connectivity index is 1.76. The molecule has 0 saturated carbocycles. The zero-order valence-electron chi connectivity index (χ0n) is 16.0. The lowest BCUT2D eigenvalue weighted by molar-refractivity contribution is -0.137. The van der Waals surface area contributed by atoms with E-state index in [2.05, 4.69) is 10.3 Å². The van der Waals surface area contributed by atoms with Gasteiger partial charge in [-0.25, -0.2) is 0 Å². The first-order valence-corrected chi connectivity index (χ1v) is 9.62. The Morgan fingerprint density at radius 2 is 1.62 bits per heavy atom. The van der Waals surface area contributed by atoms with Gasteiger partial charge in [0.25, 0.3) is 5.91 Å². The summed E-state index contributed by atoms with van der Waals surface area (Å²) in [5, 5.41) is 21.1. The number of benzene rings is 2. The minimum absolute atomic E-state index is 0.149. The third-order valence-electron chi connectivity index (χ3n) is 4.66. The van der Waals surface area contributed by atoms with Crippen LogP contribution in [0.5, 0.6) is 5.75 Å². The van der Waals surface area contributed by atoms with Crippen molar-refractivity contribution in [2.24, 2.45) is 0 Å². The topological polar surface area (TPSA) is 102 Å². The van der Waals surface area contributed by atoms with Crippen LogP contribution in [0, 0.1) is 0 Å². The van der Waals surface area contributed by atoms with Gasteiger partial charge >= 0.3 is 5.97 Å². The Morgan fingerprint density at radius 1 is 0.897 bits per heavy atom. The molecule has 2 aromatic carbocycles. The largest absolute Gasteiger partial charge is 0.508 e. The van der Waals surface area contributed by atoms with Gasteiger partial charge in [-0.1, -0.05) is 48.9 Å². The number of rotatable bonds is 9. The highest BCUT2D eigenvalue weighted by molar-refractivity contribution is 6.00. The second kappa shape index (κ2) is 9.59. The monoisotopic (exact) mass is 392 g/mol. The fourth-order valence-electron chi connectivity index (χ4n) is 3.14. The highest BCUT2D eigenvalue weighted by Gasteiger charge is 2.17. The van der Waals surface area contributed by atoms with Gasteiger partial charge in [-0.15, -0.1) is 0 Å². The number of carbonyl (C=O) groups is 2. The molecular weight excluding hydrogens is 368 g/mol. The van der Waals surface area contributed by atoms with Crippen LogP contribution >= 0.6 is 0 Å². The van der Waals surface area contributed by atoms with Gasteiger partial charge in [0.2, 0.25) is 0 Å². The van der Waals surface area contributed by atoms with Crippen molar-refractivity contribution in [3.05, 3.63) is 66.4 Å². The molecular formula is C23H24N2O4. The number of hydrogen-bond acceptors (Lipinski definition) is 3. The minimum atomic E-state index is -0.799. The Labute approximate surface area is 169 Å². The fraction of sp³-hybridized carbons (Fsp3) is 0.217. The minimum Gasteiger partial charge on any atom is -0.508 e. The van der Waals surface area contributed by atoms with Gasteiger partial charge in [0, 0.05) is 24.2 Å². The quantitative estimate of drug-likeness (QED) is 0.405. The number of H-pyrrole nitrogens is 1. The van der Waals surface area contributed by atoms with Gasteiger partial charge in [-0.05, 0) is 42.2 Å². The van der Waals surface area contributed by atoms with Crippen molar-refractivity contribution in [1.82, 2.24) is 10.3 Å². The Hall–Kier alpha value is -3.54. The lowest BCUT2D eigenvalue weighted by Gasteiger charge is -2.07. The molecule has 0 saturated heterocycles. The number of carbonyl (C=O) groups excluding carboxylic acids is 1. The van der Waals surface area contributed by atoms with E-state index in [4.69, 9.17) is 5.11 Å². The van der Waals surface area contributed by atoms with Gasteiger partial charge in [0.05, 0.1) is 0 Å². The number of aromatic nitrogens is 1. The summed E-state index contributed by atoms with van der Waals surface area (Å²) in [5.41, 5.74) is 3.85. The normalized spacial score (nSPS) is 10.6. The van der Waals surface area contributed by atoms with E-state index in [0.717, 1.165) is 35.2 Å². The van der Waals surface area contributed by atoms with Crippen LogP contribution in [0.15, 0.2) is 60.7 Å². The van der Waals surface area contributed by atoms with Crippen LogP contribution in [0.4, 0.5) is 0 Å². The second-order valence-corrected chi connectivity index (χ2v) is 6.84. The van der Waals surface area contributed by atoms with Gasteiger partial charge < -0.3 is 20.5 Å². The molecule has 0 spiro atoms. The fourth-order valence-corrected chi connectivity index (χ4v) is 3.14. The average Bonchev–Trinajstić information content (AvgIpc) is 3.17.